The van der Waals surface area contributed by atoms with E-state index in [0.29, 0.717) is 11.3 Å². The molecule has 1 aromatic rings. The first-order chi connectivity index (χ1) is 7.13. The standard InChI is InChI=1S/C12H15N3/c1-9(2)5-6-15-12-7-10(8-13)3-4-11(12)14/h3-5,7,15H,6,14H2,1-2H3. The zero-order chi connectivity index (χ0) is 11.3. The van der Waals surface area contributed by atoms with Crippen LogP contribution in [0.2, 0.25) is 0 Å². The monoisotopic (exact) mass is 201 g/mol. The number of nitrogens with two attached hydrogens (primary N) is 1. The van der Waals surface area contributed by atoms with Gasteiger partial charge >= 0.3 is 0 Å². The van der Waals surface area contributed by atoms with Gasteiger partial charge < -0.3 is 11.1 Å². The van der Waals surface area contributed by atoms with Crippen molar-refractivity contribution in [1.82, 2.24) is 0 Å². The first-order valence-corrected chi connectivity index (χ1v) is 4.80. The Balaban J connectivity index is 2.76. The molecule has 1 rings (SSSR count). The zero-order valence-corrected chi connectivity index (χ0v) is 9.04. The average Bonchev–Trinajstić information content (AvgIpc) is 2.20. The molecule has 78 valence electrons. The minimum Gasteiger partial charge on any atom is -0.397 e. The number of hydrogen-bond donors (Lipinski definition) is 2. The summed E-state index contributed by atoms with van der Waals surface area (Å²) in [5.41, 5.74) is 9.11. The number of hydrogen-bond acceptors (Lipinski definition) is 3. The summed E-state index contributed by atoms with van der Waals surface area (Å²) in [5, 5.41) is 11.9. The number of nitrogens with zero attached hydrogens (tertiary/aromatic N) is 1. The smallest absolute Gasteiger partial charge is 0.0992 e. The lowest BCUT2D eigenvalue weighted by Gasteiger charge is -2.07. The van der Waals surface area contributed by atoms with E-state index >= 15 is 0 Å². The van der Waals surface area contributed by atoms with Crippen molar-refractivity contribution in [1.29, 1.82) is 5.26 Å². The molecule has 3 heteroatoms. The Kier molecular flexibility index (Phi) is 3.75. The maximum absolute atomic E-state index is 8.74. The van der Waals surface area contributed by atoms with Crippen LogP contribution in [0.4, 0.5) is 11.4 Å². The quantitative estimate of drug-likeness (QED) is 0.583. The summed E-state index contributed by atoms with van der Waals surface area (Å²) in [6.45, 7) is 4.80. The van der Waals surface area contributed by atoms with Crippen molar-refractivity contribution >= 4 is 11.4 Å². The van der Waals surface area contributed by atoms with E-state index in [2.05, 4.69) is 17.5 Å². The number of allylic oxidation sites excluding steroid dienone is 1. The van der Waals surface area contributed by atoms with E-state index in [0.717, 1.165) is 12.2 Å². The molecule has 3 N–H and O–H groups in total. The van der Waals surface area contributed by atoms with Gasteiger partial charge in [0.2, 0.25) is 0 Å². The molecule has 0 aliphatic heterocycles. The molecule has 0 bridgehead atoms. The first kappa shape index (κ1) is 11.1. The van der Waals surface area contributed by atoms with Crippen LogP contribution in [0, 0.1) is 11.3 Å². The molecule has 0 amide bonds. The molecule has 0 aliphatic rings. The van der Waals surface area contributed by atoms with Gasteiger partial charge in [-0.05, 0) is 32.0 Å². The van der Waals surface area contributed by atoms with Gasteiger partial charge in [0.15, 0.2) is 0 Å². The number of nitrogen functional groups attached to an aromatic ring is 1. The molecule has 0 unspecified atom stereocenters. The van der Waals surface area contributed by atoms with Gasteiger partial charge in [-0.25, -0.2) is 0 Å². The van der Waals surface area contributed by atoms with Crippen LogP contribution in [0.1, 0.15) is 19.4 Å². The van der Waals surface area contributed by atoms with E-state index in [9.17, 15) is 0 Å². The Morgan fingerprint density at radius 1 is 1.53 bits per heavy atom. The predicted molar refractivity (Wildman–Crippen MR) is 63.5 cm³/mol. The fourth-order valence-corrected chi connectivity index (χ4v) is 1.14. The largest absolute Gasteiger partial charge is 0.397 e. The number of benzene rings is 1. The van der Waals surface area contributed by atoms with E-state index < -0.39 is 0 Å². The topological polar surface area (TPSA) is 61.8 Å². The van der Waals surface area contributed by atoms with Crippen molar-refractivity contribution in [3.05, 3.63) is 35.4 Å². The first-order valence-electron chi connectivity index (χ1n) is 4.80. The van der Waals surface area contributed by atoms with Gasteiger partial charge in [-0.3, -0.25) is 0 Å². The summed E-state index contributed by atoms with van der Waals surface area (Å²) in [6.07, 6.45) is 2.07. The molecular formula is C12H15N3. The second kappa shape index (κ2) is 5.06. The molecule has 0 radical (unpaired) electrons. The van der Waals surface area contributed by atoms with Crippen LogP contribution in [0.3, 0.4) is 0 Å². The summed E-state index contributed by atoms with van der Waals surface area (Å²) in [6, 6.07) is 7.29. The highest BCUT2D eigenvalue weighted by Gasteiger charge is 1.98. The highest BCUT2D eigenvalue weighted by atomic mass is 14.9. The second-order valence-corrected chi connectivity index (χ2v) is 3.58. The molecular weight excluding hydrogens is 186 g/mol. The van der Waals surface area contributed by atoms with Crippen molar-refractivity contribution in [3.63, 3.8) is 0 Å². The zero-order valence-electron chi connectivity index (χ0n) is 9.04. The van der Waals surface area contributed by atoms with Crippen molar-refractivity contribution < 1.29 is 0 Å². The maximum atomic E-state index is 8.74. The Bertz CT molecular complexity index is 409. The van der Waals surface area contributed by atoms with Crippen LogP contribution in [-0.2, 0) is 0 Å². The van der Waals surface area contributed by atoms with Crippen LogP contribution >= 0.6 is 0 Å². The molecule has 0 spiro atoms. The lowest BCUT2D eigenvalue weighted by atomic mass is 10.2. The van der Waals surface area contributed by atoms with Gasteiger partial charge in [-0.1, -0.05) is 11.6 Å². The third-order valence-corrected chi connectivity index (χ3v) is 1.99. The van der Waals surface area contributed by atoms with Gasteiger partial charge in [0, 0.05) is 6.54 Å². The molecule has 0 aliphatic carbocycles. The lowest BCUT2D eigenvalue weighted by molar-refractivity contribution is 1.26. The number of nitriles is 1. The molecule has 0 atom stereocenters. The van der Waals surface area contributed by atoms with E-state index in [1.165, 1.54) is 5.57 Å². The van der Waals surface area contributed by atoms with E-state index in [-0.39, 0.29) is 0 Å². The van der Waals surface area contributed by atoms with Crippen molar-refractivity contribution in [2.75, 3.05) is 17.6 Å². The van der Waals surface area contributed by atoms with Crippen LogP contribution < -0.4 is 11.1 Å². The van der Waals surface area contributed by atoms with Crippen molar-refractivity contribution in [2.24, 2.45) is 0 Å². The molecule has 0 fully saturated rings. The molecule has 0 saturated heterocycles. The predicted octanol–water partition coefficient (Wildman–Crippen LogP) is 2.52. The fraction of sp³-hybridized carbons (Fsp3) is 0.250. The molecule has 0 heterocycles. The Labute approximate surface area is 90.2 Å². The Hall–Kier alpha value is -1.95. The summed E-state index contributed by atoms with van der Waals surface area (Å²) in [7, 11) is 0. The van der Waals surface area contributed by atoms with E-state index in [1.807, 2.05) is 13.8 Å². The van der Waals surface area contributed by atoms with Crippen molar-refractivity contribution in [3.8, 4) is 6.07 Å². The minimum absolute atomic E-state index is 0.615. The summed E-state index contributed by atoms with van der Waals surface area (Å²) in [4.78, 5) is 0. The molecule has 0 aromatic heterocycles. The molecule has 3 nitrogen and oxygen atoms in total. The normalized spacial score (nSPS) is 9.13. The van der Waals surface area contributed by atoms with Crippen LogP contribution in [0.5, 0.6) is 0 Å². The third kappa shape index (κ3) is 3.35. The van der Waals surface area contributed by atoms with E-state index in [1.54, 1.807) is 18.2 Å². The second-order valence-electron chi connectivity index (χ2n) is 3.58. The minimum atomic E-state index is 0.615. The van der Waals surface area contributed by atoms with Gasteiger partial charge in [0.1, 0.15) is 0 Å². The number of rotatable bonds is 3. The van der Waals surface area contributed by atoms with Gasteiger partial charge in [0.05, 0.1) is 23.0 Å². The average molecular weight is 201 g/mol. The summed E-state index contributed by atoms with van der Waals surface area (Å²) in [5.74, 6) is 0. The van der Waals surface area contributed by atoms with Crippen molar-refractivity contribution in [2.45, 2.75) is 13.8 Å². The van der Waals surface area contributed by atoms with Gasteiger partial charge in [-0.2, -0.15) is 5.26 Å². The highest BCUT2D eigenvalue weighted by Crippen LogP contribution is 2.19. The lowest BCUT2D eigenvalue weighted by Crippen LogP contribution is -2.02. The molecule has 1 aromatic carbocycles. The summed E-state index contributed by atoms with van der Waals surface area (Å²) < 4.78 is 0. The Morgan fingerprint density at radius 2 is 2.27 bits per heavy atom. The molecule has 15 heavy (non-hydrogen) atoms. The SMILES string of the molecule is CC(C)=CCNc1cc(C#N)ccc1N. The van der Waals surface area contributed by atoms with Gasteiger partial charge in [-0.15, -0.1) is 0 Å². The fourth-order valence-electron chi connectivity index (χ4n) is 1.14. The van der Waals surface area contributed by atoms with Crippen LogP contribution in [-0.4, -0.2) is 6.54 Å². The number of anilines is 2. The molecule has 0 saturated carbocycles. The number of nitrogens with one attached hydrogen (secondary N) is 1. The van der Waals surface area contributed by atoms with Crippen LogP contribution in [0.25, 0.3) is 0 Å². The van der Waals surface area contributed by atoms with E-state index in [4.69, 9.17) is 11.0 Å². The van der Waals surface area contributed by atoms with Gasteiger partial charge in [0.25, 0.3) is 0 Å². The summed E-state index contributed by atoms with van der Waals surface area (Å²) >= 11 is 0. The Morgan fingerprint density at radius 3 is 2.87 bits per heavy atom. The van der Waals surface area contributed by atoms with Crippen LogP contribution in [0.15, 0.2) is 29.8 Å². The highest BCUT2D eigenvalue weighted by molar-refractivity contribution is 5.68. The maximum Gasteiger partial charge on any atom is 0.0992 e. The third-order valence-electron chi connectivity index (χ3n) is 1.99.